The summed E-state index contributed by atoms with van der Waals surface area (Å²) in [6, 6.07) is 14.3. The lowest BCUT2D eigenvalue weighted by atomic mass is 10.1. The van der Waals surface area contributed by atoms with Gasteiger partial charge >= 0.3 is 0 Å². The Kier molecular flexibility index (Phi) is 6.28. The third-order valence-corrected chi connectivity index (χ3v) is 6.31. The number of carbonyl (C=O) groups excluding carboxylic acids is 1. The number of rotatable bonds is 6. The summed E-state index contributed by atoms with van der Waals surface area (Å²) in [5.41, 5.74) is 2.42. The molecular weight excluding hydrogens is 442 g/mol. The van der Waals surface area contributed by atoms with E-state index in [1.165, 1.54) is 36.4 Å². The maximum absolute atomic E-state index is 12.6. The van der Waals surface area contributed by atoms with Crippen LogP contribution in [-0.4, -0.2) is 19.2 Å². The first kappa shape index (κ1) is 22.3. The first-order valence-corrected chi connectivity index (χ1v) is 10.9. The number of carbonyl (C=O) groups is 1. The van der Waals surface area contributed by atoms with Gasteiger partial charge in [-0.05, 0) is 67.4 Å². The Morgan fingerprint density at radius 3 is 2.19 bits per heavy atom. The van der Waals surface area contributed by atoms with Crippen LogP contribution in [0.15, 0.2) is 65.6 Å². The minimum atomic E-state index is -3.82. The highest BCUT2D eigenvalue weighted by atomic mass is 35.5. The molecule has 0 spiro atoms. The zero-order valence-electron chi connectivity index (χ0n) is 16.5. The van der Waals surface area contributed by atoms with Crippen LogP contribution >= 0.6 is 11.6 Å². The van der Waals surface area contributed by atoms with Crippen LogP contribution in [0.1, 0.15) is 21.5 Å². The van der Waals surface area contributed by atoms with Gasteiger partial charge in [0.05, 0.1) is 20.4 Å². The van der Waals surface area contributed by atoms with Crippen molar-refractivity contribution in [2.24, 2.45) is 0 Å². The number of aryl methyl sites for hydroxylation is 2. The smallest absolute Gasteiger partial charge is 0.270 e. The monoisotopic (exact) mass is 459 g/mol. The van der Waals surface area contributed by atoms with Crippen molar-refractivity contribution in [2.75, 3.05) is 10.0 Å². The molecule has 0 heterocycles. The maximum Gasteiger partial charge on any atom is 0.270 e. The molecule has 31 heavy (non-hydrogen) atoms. The van der Waals surface area contributed by atoms with E-state index in [1.54, 1.807) is 12.1 Å². The molecule has 10 heteroatoms. The van der Waals surface area contributed by atoms with E-state index in [1.807, 2.05) is 19.9 Å². The minimum absolute atomic E-state index is 0.0112. The van der Waals surface area contributed by atoms with Crippen molar-refractivity contribution in [1.29, 1.82) is 0 Å². The average Bonchev–Trinajstić information content (AvgIpc) is 2.71. The second kappa shape index (κ2) is 8.75. The molecule has 0 aliphatic heterocycles. The summed E-state index contributed by atoms with van der Waals surface area (Å²) in [7, 11) is -3.82. The number of non-ortho nitro benzene ring substituents is 1. The summed E-state index contributed by atoms with van der Waals surface area (Å²) >= 11 is 5.97. The fourth-order valence-corrected chi connectivity index (χ4v) is 3.99. The van der Waals surface area contributed by atoms with E-state index in [9.17, 15) is 23.3 Å². The number of benzene rings is 3. The van der Waals surface area contributed by atoms with E-state index in [0.717, 1.165) is 17.2 Å². The molecule has 0 bridgehead atoms. The Hall–Kier alpha value is -3.43. The van der Waals surface area contributed by atoms with E-state index in [4.69, 9.17) is 11.6 Å². The highest BCUT2D eigenvalue weighted by molar-refractivity contribution is 7.92. The van der Waals surface area contributed by atoms with E-state index in [-0.39, 0.29) is 21.2 Å². The molecule has 3 rings (SSSR count). The summed E-state index contributed by atoms with van der Waals surface area (Å²) in [5, 5.41) is 13.5. The Morgan fingerprint density at radius 2 is 1.58 bits per heavy atom. The number of sulfonamides is 1. The molecular formula is C21H18ClN3O5S. The number of amides is 1. The topological polar surface area (TPSA) is 118 Å². The van der Waals surface area contributed by atoms with Crippen molar-refractivity contribution in [1.82, 2.24) is 0 Å². The zero-order chi connectivity index (χ0) is 22.8. The number of nitrogens with one attached hydrogen (secondary N) is 2. The number of nitro groups is 1. The molecule has 2 N–H and O–H groups in total. The number of hydrogen-bond acceptors (Lipinski definition) is 5. The van der Waals surface area contributed by atoms with Crippen molar-refractivity contribution in [2.45, 2.75) is 18.7 Å². The molecule has 0 saturated heterocycles. The van der Waals surface area contributed by atoms with Crippen LogP contribution in [0.3, 0.4) is 0 Å². The quantitative estimate of drug-likeness (QED) is 0.400. The fraction of sp³-hybridized carbons (Fsp3) is 0.0952. The summed E-state index contributed by atoms with van der Waals surface area (Å²) in [4.78, 5) is 22.7. The number of nitro benzene ring substituents is 1. The normalized spacial score (nSPS) is 11.1. The molecule has 0 fully saturated rings. The van der Waals surface area contributed by atoms with Crippen molar-refractivity contribution in [3.63, 3.8) is 0 Å². The predicted molar refractivity (Wildman–Crippen MR) is 119 cm³/mol. The van der Waals surface area contributed by atoms with Gasteiger partial charge in [-0.15, -0.1) is 0 Å². The molecule has 1 amide bonds. The predicted octanol–water partition coefficient (Wildman–Crippen LogP) is 4.92. The van der Waals surface area contributed by atoms with Crippen LogP contribution in [0.25, 0.3) is 0 Å². The number of hydrogen-bond donors (Lipinski definition) is 2. The van der Waals surface area contributed by atoms with Gasteiger partial charge in [-0.25, -0.2) is 8.42 Å². The van der Waals surface area contributed by atoms with Gasteiger partial charge in [0.2, 0.25) is 0 Å². The van der Waals surface area contributed by atoms with Gasteiger partial charge in [-0.3, -0.25) is 19.6 Å². The van der Waals surface area contributed by atoms with Crippen molar-refractivity contribution in [3.8, 4) is 0 Å². The Balaban J connectivity index is 1.76. The van der Waals surface area contributed by atoms with Crippen molar-refractivity contribution in [3.05, 3.63) is 92.5 Å². The van der Waals surface area contributed by atoms with E-state index >= 15 is 0 Å². The second-order valence-electron chi connectivity index (χ2n) is 6.80. The third kappa shape index (κ3) is 5.19. The molecule has 0 saturated carbocycles. The van der Waals surface area contributed by atoms with E-state index < -0.39 is 20.9 Å². The molecule has 160 valence electrons. The molecule has 0 aromatic heterocycles. The van der Waals surface area contributed by atoms with Crippen LogP contribution in [0.2, 0.25) is 5.02 Å². The largest absolute Gasteiger partial charge is 0.322 e. The van der Waals surface area contributed by atoms with Gasteiger partial charge < -0.3 is 5.32 Å². The lowest BCUT2D eigenvalue weighted by molar-refractivity contribution is -0.384. The molecule has 0 aliphatic rings. The second-order valence-corrected chi connectivity index (χ2v) is 8.89. The van der Waals surface area contributed by atoms with Gasteiger partial charge in [0, 0.05) is 23.5 Å². The maximum atomic E-state index is 12.6. The van der Waals surface area contributed by atoms with Gasteiger partial charge in [-0.2, -0.15) is 0 Å². The molecule has 3 aromatic rings. The van der Waals surface area contributed by atoms with Gasteiger partial charge in [-0.1, -0.05) is 17.7 Å². The standard InChI is InChI=1S/C21H18ClN3O5S/c1-13-3-4-16(11-14(13)2)24-31(29,30)18-8-5-15(6-9-18)23-21(26)19-12-17(25(27)28)7-10-20(19)22/h3-12,24H,1-2H3,(H,23,26). The van der Waals surface area contributed by atoms with E-state index in [2.05, 4.69) is 10.0 Å². The fourth-order valence-electron chi connectivity index (χ4n) is 2.74. The summed E-state index contributed by atoms with van der Waals surface area (Å²) < 4.78 is 27.8. The molecule has 0 radical (unpaired) electrons. The Labute approximate surface area is 184 Å². The van der Waals surface area contributed by atoms with Crippen LogP contribution in [0.5, 0.6) is 0 Å². The molecule has 3 aromatic carbocycles. The Bertz CT molecular complexity index is 1270. The first-order chi connectivity index (χ1) is 14.6. The summed E-state index contributed by atoms with van der Waals surface area (Å²) in [6.07, 6.45) is 0. The van der Waals surface area contributed by atoms with Crippen LogP contribution in [-0.2, 0) is 10.0 Å². The average molecular weight is 460 g/mol. The number of anilines is 2. The van der Waals surface area contributed by atoms with Crippen LogP contribution in [0, 0.1) is 24.0 Å². The summed E-state index contributed by atoms with van der Waals surface area (Å²) in [6.45, 7) is 3.82. The van der Waals surface area contributed by atoms with E-state index in [0.29, 0.717) is 11.4 Å². The lowest BCUT2D eigenvalue weighted by Crippen LogP contribution is -2.14. The Morgan fingerprint density at radius 1 is 0.935 bits per heavy atom. The highest BCUT2D eigenvalue weighted by Crippen LogP contribution is 2.24. The molecule has 8 nitrogen and oxygen atoms in total. The van der Waals surface area contributed by atoms with Crippen LogP contribution < -0.4 is 10.0 Å². The molecule has 0 aliphatic carbocycles. The SMILES string of the molecule is Cc1ccc(NS(=O)(=O)c2ccc(NC(=O)c3cc([N+](=O)[O-])ccc3Cl)cc2)cc1C. The third-order valence-electron chi connectivity index (χ3n) is 4.59. The first-order valence-electron chi connectivity index (χ1n) is 9.02. The number of nitrogens with zero attached hydrogens (tertiary/aromatic N) is 1. The highest BCUT2D eigenvalue weighted by Gasteiger charge is 2.18. The minimum Gasteiger partial charge on any atom is -0.322 e. The van der Waals surface area contributed by atoms with Gasteiger partial charge in [0.15, 0.2) is 0 Å². The zero-order valence-corrected chi connectivity index (χ0v) is 18.1. The van der Waals surface area contributed by atoms with Crippen molar-refractivity contribution >= 4 is 44.6 Å². The van der Waals surface area contributed by atoms with Gasteiger partial charge in [0.1, 0.15) is 0 Å². The lowest BCUT2D eigenvalue weighted by Gasteiger charge is -2.11. The number of halogens is 1. The van der Waals surface area contributed by atoms with Crippen LogP contribution in [0.4, 0.5) is 17.1 Å². The molecule has 0 unspecified atom stereocenters. The summed E-state index contributed by atoms with van der Waals surface area (Å²) in [5.74, 6) is -0.655. The molecule has 0 atom stereocenters. The van der Waals surface area contributed by atoms with Crippen molar-refractivity contribution < 1.29 is 18.1 Å². The van der Waals surface area contributed by atoms with Gasteiger partial charge in [0.25, 0.3) is 21.6 Å².